The number of carbonyl (C=O) groups is 1. The van der Waals surface area contributed by atoms with Crippen molar-refractivity contribution in [2.75, 3.05) is 26.0 Å². The van der Waals surface area contributed by atoms with Gasteiger partial charge in [0.05, 0.1) is 30.4 Å². The smallest absolute Gasteiger partial charge is 0.413 e. The fourth-order valence-corrected chi connectivity index (χ4v) is 3.32. The Morgan fingerprint density at radius 2 is 2.06 bits per heavy atom. The number of fused-ring (bicyclic) bond motifs is 1. The summed E-state index contributed by atoms with van der Waals surface area (Å²) in [4.78, 5) is 38.0. The van der Waals surface area contributed by atoms with Gasteiger partial charge in [-0.1, -0.05) is 7.43 Å². The van der Waals surface area contributed by atoms with Crippen LogP contribution in [-0.2, 0) is 18.3 Å². The van der Waals surface area contributed by atoms with Crippen molar-refractivity contribution in [1.29, 1.82) is 0 Å². The molecule has 0 radical (unpaired) electrons. The zero-order chi connectivity index (χ0) is 22.8. The lowest BCUT2D eigenvalue weighted by Crippen LogP contribution is -2.14. The van der Waals surface area contributed by atoms with Gasteiger partial charge in [-0.3, -0.25) is 10.1 Å². The second-order valence-electron chi connectivity index (χ2n) is 7.58. The summed E-state index contributed by atoms with van der Waals surface area (Å²) in [5, 5.41) is 2.58. The first-order valence-electron chi connectivity index (χ1n) is 10.1. The monoisotopic (exact) mass is 452 g/mol. The minimum atomic E-state index is -0.607. The van der Waals surface area contributed by atoms with Crippen molar-refractivity contribution in [3.8, 4) is 22.6 Å². The van der Waals surface area contributed by atoms with Crippen LogP contribution in [0.25, 0.3) is 33.6 Å². The molecule has 0 atom stereocenters. The van der Waals surface area contributed by atoms with Crippen LogP contribution in [0.2, 0.25) is 0 Å². The van der Waals surface area contributed by atoms with Crippen LogP contribution in [0.15, 0.2) is 45.9 Å². The Kier molecular flexibility index (Phi) is 6.98. The van der Waals surface area contributed by atoms with Crippen LogP contribution in [0.3, 0.4) is 0 Å². The van der Waals surface area contributed by atoms with E-state index >= 15 is 0 Å². The van der Waals surface area contributed by atoms with Crippen molar-refractivity contribution in [2.45, 2.75) is 20.9 Å². The molecule has 10 nitrogen and oxygen atoms in total. The fraction of sp³-hybridized carbons (Fsp3) is 0.304. The number of aromatic amines is 1. The molecule has 0 unspecified atom stereocenters. The Morgan fingerprint density at radius 1 is 1.27 bits per heavy atom. The molecule has 174 valence electrons. The molecule has 33 heavy (non-hydrogen) atoms. The molecule has 0 aliphatic heterocycles. The number of nitrogens with zero attached hydrogens (tertiary/aromatic N) is 4. The maximum absolute atomic E-state index is 12.2. The summed E-state index contributed by atoms with van der Waals surface area (Å²) < 4.78 is 12.4. The maximum atomic E-state index is 12.2. The van der Waals surface area contributed by atoms with Gasteiger partial charge in [0, 0.05) is 19.3 Å². The maximum Gasteiger partial charge on any atom is 0.413 e. The minimum absolute atomic E-state index is 0. The lowest BCUT2D eigenvalue weighted by atomic mass is 10.0. The summed E-state index contributed by atoms with van der Waals surface area (Å²) in [6.45, 7) is 2.57. The van der Waals surface area contributed by atoms with E-state index in [2.05, 4.69) is 20.3 Å². The van der Waals surface area contributed by atoms with E-state index in [4.69, 9.17) is 9.15 Å². The zero-order valence-electron chi connectivity index (χ0n) is 18.3. The molecule has 2 N–H and O–H groups in total. The van der Waals surface area contributed by atoms with Gasteiger partial charge in [0.2, 0.25) is 11.8 Å². The summed E-state index contributed by atoms with van der Waals surface area (Å²) in [6.07, 6.45) is 2.78. The van der Waals surface area contributed by atoms with E-state index < -0.39 is 6.09 Å². The molecule has 0 spiro atoms. The minimum Gasteiger partial charge on any atom is -0.450 e. The molecule has 0 bridgehead atoms. The Bertz CT molecular complexity index is 1330. The molecule has 0 aliphatic carbocycles. The SMILES string of the molecule is C.CCOC(=O)Nc1nc2c(-c3ncc(CN(C)C)o3)cc(-c3ccn(C)c(=O)c3)cc2[nH]1. The molecule has 1 aromatic carbocycles. The van der Waals surface area contributed by atoms with Crippen molar-refractivity contribution in [3.05, 3.63) is 52.8 Å². The Labute approximate surface area is 191 Å². The summed E-state index contributed by atoms with van der Waals surface area (Å²) in [5.41, 5.74) is 3.26. The lowest BCUT2D eigenvalue weighted by molar-refractivity contribution is 0.167. The van der Waals surface area contributed by atoms with Crippen molar-refractivity contribution < 1.29 is 13.9 Å². The van der Waals surface area contributed by atoms with E-state index in [1.165, 1.54) is 4.57 Å². The average Bonchev–Trinajstić information content (AvgIpc) is 3.35. The third-order valence-corrected chi connectivity index (χ3v) is 4.78. The lowest BCUT2D eigenvalue weighted by Gasteiger charge is -2.07. The number of carbonyl (C=O) groups excluding carboxylic acids is 1. The second kappa shape index (κ2) is 9.70. The highest BCUT2D eigenvalue weighted by Crippen LogP contribution is 2.33. The Balaban J connectivity index is 0.00000306. The predicted molar refractivity (Wildman–Crippen MR) is 127 cm³/mol. The number of aryl methyl sites for hydroxylation is 1. The normalized spacial score (nSPS) is 10.9. The molecule has 4 aromatic rings. The van der Waals surface area contributed by atoms with Crippen molar-refractivity contribution in [3.63, 3.8) is 0 Å². The van der Waals surface area contributed by atoms with E-state index in [0.717, 1.165) is 11.1 Å². The van der Waals surface area contributed by atoms with Gasteiger partial charge in [0.15, 0.2) is 0 Å². The molecule has 0 saturated heterocycles. The van der Waals surface area contributed by atoms with Crippen LogP contribution in [0.1, 0.15) is 20.1 Å². The molecule has 3 aromatic heterocycles. The first-order valence-corrected chi connectivity index (χ1v) is 10.1. The largest absolute Gasteiger partial charge is 0.450 e. The average molecular weight is 453 g/mol. The summed E-state index contributed by atoms with van der Waals surface area (Å²) in [5.74, 6) is 1.34. The third kappa shape index (κ3) is 5.12. The van der Waals surface area contributed by atoms with E-state index in [9.17, 15) is 9.59 Å². The number of anilines is 1. The zero-order valence-corrected chi connectivity index (χ0v) is 18.3. The highest BCUT2D eigenvalue weighted by molar-refractivity contribution is 5.96. The number of imidazole rings is 1. The molecule has 0 aliphatic rings. The summed E-state index contributed by atoms with van der Waals surface area (Å²) in [7, 11) is 5.58. The van der Waals surface area contributed by atoms with Gasteiger partial charge in [-0.25, -0.2) is 14.8 Å². The van der Waals surface area contributed by atoms with Crippen LogP contribution in [0, 0.1) is 0 Å². The number of ether oxygens (including phenoxy) is 1. The number of hydrogen-bond acceptors (Lipinski definition) is 7. The van der Waals surface area contributed by atoms with Crippen LogP contribution in [0.4, 0.5) is 10.7 Å². The molecule has 1 amide bonds. The quantitative estimate of drug-likeness (QED) is 0.456. The van der Waals surface area contributed by atoms with Crippen molar-refractivity contribution in [1.82, 2.24) is 24.4 Å². The highest BCUT2D eigenvalue weighted by Gasteiger charge is 2.18. The number of benzene rings is 1. The fourth-order valence-electron chi connectivity index (χ4n) is 3.32. The molecular formula is C23H28N6O4. The van der Waals surface area contributed by atoms with Crippen LogP contribution >= 0.6 is 0 Å². The number of hydrogen-bond donors (Lipinski definition) is 2. The van der Waals surface area contributed by atoms with E-state index in [0.29, 0.717) is 34.8 Å². The molecule has 10 heteroatoms. The van der Waals surface area contributed by atoms with Gasteiger partial charge in [-0.15, -0.1) is 0 Å². The van der Waals surface area contributed by atoms with E-state index in [-0.39, 0.29) is 25.5 Å². The molecule has 3 heterocycles. The Hall–Kier alpha value is -3.92. The predicted octanol–water partition coefficient (Wildman–Crippen LogP) is 3.85. The van der Waals surface area contributed by atoms with E-state index in [1.54, 1.807) is 32.4 Å². The Morgan fingerprint density at radius 3 is 2.76 bits per heavy atom. The number of H-pyrrole nitrogens is 1. The van der Waals surface area contributed by atoms with Gasteiger partial charge in [-0.2, -0.15) is 0 Å². The van der Waals surface area contributed by atoms with Crippen LogP contribution in [-0.4, -0.2) is 51.2 Å². The summed E-state index contributed by atoms with van der Waals surface area (Å²) in [6, 6.07) is 7.15. The number of rotatable bonds is 6. The molecule has 4 rings (SSSR count). The number of oxazole rings is 1. The number of nitrogens with one attached hydrogen (secondary N) is 2. The molecule has 0 saturated carbocycles. The van der Waals surface area contributed by atoms with Crippen LogP contribution < -0.4 is 10.9 Å². The first-order chi connectivity index (χ1) is 15.3. The highest BCUT2D eigenvalue weighted by atomic mass is 16.5. The van der Waals surface area contributed by atoms with Gasteiger partial charge in [-0.05, 0) is 50.3 Å². The number of aromatic nitrogens is 4. The molecule has 0 fully saturated rings. The topological polar surface area (TPSA) is 118 Å². The number of pyridine rings is 1. The van der Waals surface area contributed by atoms with Gasteiger partial charge >= 0.3 is 6.09 Å². The first kappa shape index (κ1) is 23.7. The number of amides is 1. The standard InChI is InChI=1S/C22H24N6O4.CH4/c1-5-31-22(30)26-21-24-17-9-14(13-6-7-28(4)18(29)10-13)8-16(19(17)25-21)20-23-11-15(32-20)12-27(2)3;/h6-11H,5,12H2,1-4H3,(H2,24,25,26,30);1H4. The van der Waals surface area contributed by atoms with Gasteiger partial charge < -0.3 is 23.6 Å². The van der Waals surface area contributed by atoms with Gasteiger partial charge in [0.1, 0.15) is 11.3 Å². The third-order valence-electron chi connectivity index (χ3n) is 4.78. The second-order valence-corrected chi connectivity index (χ2v) is 7.58. The van der Waals surface area contributed by atoms with Crippen LogP contribution in [0.5, 0.6) is 0 Å². The van der Waals surface area contributed by atoms with Gasteiger partial charge in [0.25, 0.3) is 5.56 Å². The van der Waals surface area contributed by atoms with Crippen molar-refractivity contribution >= 4 is 23.1 Å². The summed E-state index contributed by atoms with van der Waals surface area (Å²) >= 11 is 0. The van der Waals surface area contributed by atoms with Crippen molar-refractivity contribution in [2.24, 2.45) is 7.05 Å². The van der Waals surface area contributed by atoms with E-state index in [1.807, 2.05) is 37.2 Å². The molecular weight excluding hydrogens is 424 g/mol.